The lowest BCUT2D eigenvalue weighted by atomic mass is 10.1. The van der Waals surface area contributed by atoms with Crippen molar-refractivity contribution in [2.24, 2.45) is 0 Å². The Kier molecular flexibility index (Phi) is 4.94. The number of nitrogens with zero attached hydrogens (tertiary/aromatic N) is 1. The molecule has 0 saturated carbocycles. The van der Waals surface area contributed by atoms with Crippen LogP contribution in [-0.2, 0) is 21.4 Å². The molecule has 29 heavy (non-hydrogen) atoms. The highest BCUT2D eigenvalue weighted by Gasteiger charge is 2.24. The number of benzene rings is 3. The number of rotatable bonds is 3. The van der Waals surface area contributed by atoms with Crippen molar-refractivity contribution in [1.82, 2.24) is 0 Å². The summed E-state index contributed by atoms with van der Waals surface area (Å²) in [5.74, 6) is 0.976. The van der Waals surface area contributed by atoms with E-state index >= 15 is 0 Å². The van der Waals surface area contributed by atoms with E-state index in [2.05, 4.69) is 4.72 Å². The molecule has 0 fully saturated rings. The van der Waals surface area contributed by atoms with Gasteiger partial charge in [0.25, 0.3) is 10.0 Å². The Hall–Kier alpha value is -3.03. The van der Waals surface area contributed by atoms with Gasteiger partial charge in [-0.25, -0.2) is 8.42 Å². The first kappa shape index (κ1) is 19.3. The van der Waals surface area contributed by atoms with E-state index in [1.54, 1.807) is 41.3 Å². The van der Waals surface area contributed by atoms with Gasteiger partial charge >= 0.3 is 0 Å². The van der Waals surface area contributed by atoms with E-state index in [0.717, 1.165) is 0 Å². The fourth-order valence-corrected chi connectivity index (χ4v) is 4.73. The van der Waals surface area contributed by atoms with Crippen LogP contribution in [0.3, 0.4) is 0 Å². The Balaban J connectivity index is 1.70. The molecule has 148 valence electrons. The van der Waals surface area contributed by atoms with Crippen molar-refractivity contribution in [2.75, 3.05) is 9.62 Å². The van der Waals surface area contributed by atoms with E-state index in [9.17, 15) is 13.2 Å². The molecule has 0 aliphatic carbocycles. The molecule has 3 aromatic rings. The second-order valence-corrected chi connectivity index (χ2v) is 8.59. The standard InChI is InChI=1S/C21H17ClN2O4S/c1-14(25)24-13-15-12-16(23-29(26,27)21-9-5-2-6-17(21)22)10-11-19(15)28-20-8-4-3-7-18(20)24/h2-12,23H,13H2,1H3. The van der Waals surface area contributed by atoms with Gasteiger partial charge in [0.15, 0.2) is 5.75 Å². The number of fused-ring (bicyclic) bond motifs is 2. The fourth-order valence-electron chi connectivity index (χ4n) is 3.16. The molecule has 0 radical (unpaired) electrons. The summed E-state index contributed by atoms with van der Waals surface area (Å²) < 4.78 is 34.0. The number of hydrogen-bond acceptors (Lipinski definition) is 4. The fraction of sp³-hybridized carbons (Fsp3) is 0.0952. The predicted octanol–water partition coefficient (Wildman–Crippen LogP) is 4.80. The van der Waals surface area contributed by atoms with Crippen molar-refractivity contribution in [3.8, 4) is 11.5 Å². The number of carbonyl (C=O) groups excluding carboxylic acids is 1. The molecule has 6 nitrogen and oxygen atoms in total. The maximum atomic E-state index is 12.7. The number of para-hydroxylation sites is 2. The number of hydrogen-bond donors (Lipinski definition) is 1. The number of sulfonamides is 1. The maximum absolute atomic E-state index is 12.7. The zero-order valence-corrected chi connectivity index (χ0v) is 17.0. The van der Waals surface area contributed by atoms with E-state index in [-0.39, 0.29) is 22.4 Å². The number of nitrogens with one attached hydrogen (secondary N) is 1. The lowest BCUT2D eigenvalue weighted by Crippen LogP contribution is -2.27. The van der Waals surface area contributed by atoms with Crippen molar-refractivity contribution in [3.05, 3.63) is 77.3 Å². The second-order valence-electron chi connectivity index (χ2n) is 6.53. The van der Waals surface area contributed by atoms with Crippen molar-refractivity contribution in [2.45, 2.75) is 18.4 Å². The molecule has 0 aromatic heterocycles. The summed E-state index contributed by atoms with van der Waals surface area (Å²) in [5, 5.41) is 0.135. The Labute approximate surface area is 173 Å². The van der Waals surface area contributed by atoms with Crippen LogP contribution < -0.4 is 14.4 Å². The molecule has 4 rings (SSSR count). The Bertz CT molecular complexity index is 1210. The van der Waals surface area contributed by atoms with Gasteiger partial charge in [-0.05, 0) is 42.5 Å². The number of amides is 1. The molecule has 1 N–H and O–H groups in total. The first-order chi connectivity index (χ1) is 13.8. The quantitative estimate of drug-likeness (QED) is 0.650. The highest BCUT2D eigenvalue weighted by Crippen LogP contribution is 2.40. The summed E-state index contributed by atoms with van der Waals surface area (Å²) in [6.45, 7) is 1.73. The number of anilines is 2. The van der Waals surface area contributed by atoms with E-state index in [0.29, 0.717) is 28.4 Å². The van der Waals surface area contributed by atoms with Gasteiger partial charge in [0.2, 0.25) is 5.91 Å². The van der Waals surface area contributed by atoms with Gasteiger partial charge in [-0.15, -0.1) is 0 Å². The third-order valence-corrected chi connectivity index (χ3v) is 6.40. The van der Waals surface area contributed by atoms with E-state index < -0.39 is 10.0 Å². The SMILES string of the molecule is CC(=O)N1Cc2cc(NS(=O)(=O)c3ccccc3Cl)ccc2Oc2ccccc21. The van der Waals surface area contributed by atoms with Gasteiger partial charge in [0.05, 0.1) is 17.3 Å². The van der Waals surface area contributed by atoms with Crippen LogP contribution in [0.1, 0.15) is 12.5 Å². The van der Waals surface area contributed by atoms with Gasteiger partial charge in [0.1, 0.15) is 10.6 Å². The van der Waals surface area contributed by atoms with Gasteiger partial charge < -0.3 is 9.64 Å². The van der Waals surface area contributed by atoms with Gasteiger partial charge in [-0.1, -0.05) is 35.9 Å². The van der Waals surface area contributed by atoms with Crippen LogP contribution in [0, 0.1) is 0 Å². The van der Waals surface area contributed by atoms with Crippen molar-refractivity contribution in [1.29, 1.82) is 0 Å². The van der Waals surface area contributed by atoms with E-state index in [4.69, 9.17) is 16.3 Å². The van der Waals surface area contributed by atoms with Crippen LogP contribution in [0.5, 0.6) is 11.5 Å². The summed E-state index contributed by atoms with van der Waals surface area (Å²) in [5.41, 5.74) is 1.69. The van der Waals surface area contributed by atoms with Crippen LogP contribution in [0.2, 0.25) is 5.02 Å². The number of halogens is 1. The van der Waals surface area contributed by atoms with Gasteiger partial charge in [-0.3, -0.25) is 9.52 Å². The molecule has 0 spiro atoms. The highest BCUT2D eigenvalue weighted by molar-refractivity contribution is 7.92. The maximum Gasteiger partial charge on any atom is 0.263 e. The van der Waals surface area contributed by atoms with E-state index in [1.807, 2.05) is 18.2 Å². The predicted molar refractivity (Wildman–Crippen MR) is 112 cm³/mol. The largest absolute Gasteiger partial charge is 0.455 e. The molecular formula is C21H17ClN2O4S. The monoisotopic (exact) mass is 428 g/mol. The lowest BCUT2D eigenvalue weighted by molar-refractivity contribution is -0.116. The molecule has 8 heteroatoms. The molecule has 0 atom stereocenters. The second kappa shape index (κ2) is 7.42. The van der Waals surface area contributed by atoms with E-state index in [1.165, 1.54) is 19.1 Å². The number of carbonyl (C=O) groups is 1. The van der Waals surface area contributed by atoms with Crippen LogP contribution >= 0.6 is 11.6 Å². The summed E-state index contributed by atoms with van der Waals surface area (Å²) >= 11 is 6.03. The summed E-state index contributed by atoms with van der Waals surface area (Å²) in [6.07, 6.45) is 0. The topological polar surface area (TPSA) is 75.7 Å². The third-order valence-electron chi connectivity index (χ3n) is 4.52. The summed E-state index contributed by atoms with van der Waals surface area (Å²) in [4.78, 5) is 13.8. The average Bonchev–Trinajstić information content (AvgIpc) is 2.84. The molecule has 1 amide bonds. The normalized spacial score (nSPS) is 13.0. The van der Waals surface area contributed by atoms with Gasteiger partial charge in [0, 0.05) is 18.2 Å². The molecule has 1 aliphatic rings. The first-order valence-electron chi connectivity index (χ1n) is 8.80. The van der Waals surface area contributed by atoms with Crippen molar-refractivity contribution in [3.63, 3.8) is 0 Å². The Morgan fingerprint density at radius 2 is 1.76 bits per heavy atom. The molecular weight excluding hydrogens is 412 g/mol. The molecule has 3 aromatic carbocycles. The average molecular weight is 429 g/mol. The molecule has 1 aliphatic heterocycles. The lowest BCUT2D eigenvalue weighted by Gasteiger charge is -2.20. The molecule has 1 heterocycles. The van der Waals surface area contributed by atoms with Crippen molar-refractivity contribution >= 4 is 38.9 Å². The minimum atomic E-state index is -3.87. The van der Waals surface area contributed by atoms with Gasteiger partial charge in [-0.2, -0.15) is 0 Å². The van der Waals surface area contributed by atoms with Crippen LogP contribution in [0.25, 0.3) is 0 Å². The molecule has 0 saturated heterocycles. The molecule has 0 unspecified atom stereocenters. The Morgan fingerprint density at radius 3 is 2.52 bits per heavy atom. The first-order valence-corrected chi connectivity index (χ1v) is 10.7. The smallest absolute Gasteiger partial charge is 0.263 e. The zero-order valence-electron chi connectivity index (χ0n) is 15.4. The van der Waals surface area contributed by atoms with Crippen LogP contribution in [0.4, 0.5) is 11.4 Å². The zero-order chi connectivity index (χ0) is 20.6. The minimum Gasteiger partial charge on any atom is -0.455 e. The third kappa shape index (κ3) is 3.79. The summed E-state index contributed by atoms with van der Waals surface area (Å²) in [6, 6.07) is 18.4. The van der Waals surface area contributed by atoms with Crippen molar-refractivity contribution < 1.29 is 17.9 Å². The van der Waals surface area contributed by atoms with Crippen LogP contribution in [-0.4, -0.2) is 14.3 Å². The highest BCUT2D eigenvalue weighted by atomic mass is 35.5. The minimum absolute atomic E-state index is 0.00868. The Morgan fingerprint density at radius 1 is 1.03 bits per heavy atom. The molecule has 0 bridgehead atoms. The van der Waals surface area contributed by atoms with Crippen LogP contribution in [0.15, 0.2) is 71.6 Å². The summed E-state index contributed by atoms with van der Waals surface area (Å²) in [7, 11) is -3.87. The number of ether oxygens (including phenoxy) is 1.